The molecule has 0 bridgehead atoms. The SMILES string of the molecule is CC(C=Cc1ccc2c(c1)OCO2)Cc1ccc(C(C)(C)C)cc1.[K]. The van der Waals surface area contributed by atoms with E-state index in [1.165, 1.54) is 11.1 Å². The zero-order chi connectivity index (χ0) is 17.2. The second-order valence-electron chi connectivity index (χ2n) is 7.60. The van der Waals surface area contributed by atoms with Crippen LogP contribution in [0.2, 0.25) is 0 Å². The van der Waals surface area contributed by atoms with Gasteiger partial charge in [0.05, 0.1) is 0 Å². The Hall–Kier alpha value is -0.584. The number of benzene rings is 2. The molecule has 3 rings (SSSR count). The maximum absolute atomic E-state index is 5.42. The fraction of sp³-hybridized carbons (Fsp3) is 0.364. The molecule has 0 aromatic heterocycles. The van der Waals surface area contributed by atoms with E-state index in [1.54, 1.807) is 0 Å². The van der Waals surface area contributed by atoms with E-state index in [2.05, 4.69) is 70.2 Å². The van der Waals surface area contributed by atoms with Crippen LogP contribution >= 0.6 is 0 Å². The predicted molar refractivity (Wildman–Crippen MR) is 105 cm³/mol. The largest absolute Gasteiger partial charge is 0.454 e. The van der Waals surface area contributed by atoms with E-state index in [1.807, 2.05) is 12.1 Å². The predicted octanol–water partition coefficient (Wildman–Crippen LogP) is 5.22. The number of hydrogen-bond acceptors (Lipinski definition) is 2. The minimum atomic E-state index is 0. The van der Waals surface area contributed by atoms with Gasteiger partial charge < -0.3 is 9.47 Å². The van der Waals surface area contributed by atoms with Gasteiger partial charge in [-0.25, -0.2) is 0 Å². The Balaban J connectivity index is 0.00000225. The molecule has 3 heteroatoms. The average Bonchev–Trinajstić information content (AvgIpc) is 3.00. The van der Waals surface area contributed by atoms with E-state index < -0.39 is 0 Å². The van der Waals surface area contributed by atoms with Gasteiger partial charge in [0.2, 0.25) is 6.79 Å². The maximum Gasteiger partial charge on any atom is 0.231 e. The summed E-state index contributed by atoms with van der Waals surface area (Å²) in [6.07, 6.45) is 5.47. The molecule has 0 saturated carbocycles. The van der Waals surface area contributed by atoms with Gasteiger partial charge in [0.25, 0.3) is 0 Å². The smallest absolute Gasteiger partial charge is 0.231 e. The third kappa shape index (κ3) is 5.70. The van der Waals surface area contributed by atoms with Crippen LogP contribution in [-0.4, -0.2) is 58.2 Å². The zero-order valence-electron chi connectivity index (χ0n) is 16.0. The molecule has 1 aliphatic heterocycles. The fourth-order valence-electron chi connectivity index (χ4n) is 2.87. The summed E-state index contributed by atoms with van der Waals surface area (Å²) in [5.74, 6) is 2.15. The number of fused-ring (bicyclic) bond motifs is 1. The average molecular weight is 362 g/mol. The molecule has 0 amide bonds. The molecule has 0 N–H and O–H groups in total. The minimum absolute atomic E-state index is 0. The van der Waals surface area contributed by atoms with Crippen LogP contribution in [-0.2, 0) is 11.8 Å². The van der Waals surface area contributed by atoms with Crippen LogP contribution < -0.4 is 9.47 Å². The van der Waals surface area contributed by atoms with Crippen molar-refractivity contribution in [3.63, 3.8) is 0 Å². The van der Waals surface area contributed by atoms with Crippen molar-refractivity contribution in [2.24, 2.45) is 5.92 Å². The quantitative estimate of drug-likeness (QED) is 0.695. The number of ether oxygens (including phenoxy) is 2. The van der Waals surface area contributed by atoms with Crippen LogP contribution in [0, 0.1) is 5.92 Å². The normalized spacial score (nSPS) is 14.4. The molecule has 1 heterocycles. The Morgan fingerprint density at radius 2 is 1.68 bits per heavy atom. The molecule has 1 unspecified atom stereocenters. The van der Waals surface area contributed by atoms with Gasteiger partial charge in [-0.15, -0.1) is 0 Å². The summed E-state index contributed by atoms with van der Waals surface area (Å²) in [5.41, 5.74) is 4.12. The van der Waals surface area contributed by atoms with Gasteiger partial charge in [-0.1, -0.05) is 70.2 Å². The summed E-state index contributed by atoms with van der Waals surface area (Å²) in [6, 6.07) is 15.1. The van der Waals surface area contributed by atoms with Crippen LogP contribution in [0.4, 0.5) is 0 Å². The van der Waals surface area contributed by atoms with Crippen LogP contribution in [0.3, 0.4) is 0 Å². The van der Waals surface area contributed by atoms with Gasteiger partial charge in [0.15, 0.2) is 11.5 Å². The zero-order valence-corrected chi connectivity index (χ0v) is 19.1. The summed E-state index contributed by atoms with van der Waals surface area (Å²) >= 11 is 0. The monoisotopic (exact) mass is 361 g/mol. The minimum Gasteiger partial charge on any atom is -0.454 e. The summed E-state index contributed by atoms with van der Waals surface area (Å²) in [6.45, 7) is 9.32. The van der Waals surface area contributed by atoms with Crippen LogP contribution in [0.5, 0.6) is 11.5 Å². The van der Waals surface area contributed by atoms with Crippen molar-refractivity contribution in [2.45, 2.75) is 39.5 Å². The topological polar surface area (TPSA) is 18.5 Å². The van der Waals surface area contributed by atoms with E-state index in [4.69, 9.17) is 9.47 Å². The number of rotatable bonds is 4. The molecule has 127 valence electrons. The first-order valence-electron chi connectivity index (χ1n) is 8.59. The standard InChI is InChI=1S/C22H26O2.K/c1-16(13-17-7-10-19(11-8-17)22(2,3)4)5-6-18-9-12-20-21(14-18)24-15-23-20;/h5-12,14,16H,13,15H2,1-4H3;. The molecule has 2 aromatic rings. The van der Waals surface area contributed by atoms with Crippen molar-refractivity contribution in [1.29, 1.82) is 0 Å². The molecule has 25 heavy (non-hydrogen) atoms. The second-order valence-corrected chi connectivity index (χ2v) is 7.60. The fourth-order valence-corrected chi connectivity index (χ4v) is 2.87. The van der Waals surface area contributed by atoms with E-state index >= 15 is 0 Å². The Bertz CT molecular complexity index is 727. The van der Waals surface area contributed by atoms with Crippen molar-refractivity contribution in [3.8, 4) is 11.5 Å². The Labute approximate surface area is 194 Å². The summed E-state index contributed by atoms with van der Waals surface area (Å²) in [4.78, 5) is 0. The van der Waals surface area contributed by atoms with Crippen LogP contribution in [0.25, 0.3) is 6.08 Å². The van der Waals surface area contributed by atoms with E-state index in [-0.39, 0.29) is 56.8 Å². The molecule has 1 atom stereocenters. The molecule has 0 saturated heterocycles. The van der Waals surface area contributed by atoms with Gasteiger partial charge in [-0.2, -0.15) is 0 Å². The summed E-state index contributed by atoms with van der Waals surface area (Å²) in [5, 5.41) is 0. The number of hydrogen-bond donors (Lipinski definition) is 0. The van der Waals surface area contributed by atoms with Crippen LogP contribution in [0.1, 0.15) is 44.4 Å². The molecule has 0 aliphatic carbocycles. The first-order valence-corrected chi connectivity index (χ1v) is 8.59. The third-order valence-corrected chi connectivity index (χ3v) is 4.39. The van der Waals surface area contributed by atoms with Crippen LogP contribution in [0.15, 0.2) is 48.5 Å². The molecule has 1 aliphatic rings. The van der Waals surface area contributed by atoms with Crippen molar-refractivity contribution < 1.29 is 9.47 Å². The molecule has 2 aromatic carbocycles. The first-order chi connectivity index (χ1) is 11.4. The Kier molecular flexibility index (Phi) is 7.36. The number of allylic oxidation sites excluding steroid dienone is 1. The van der Waals surface area contributed by atoms with E-state index in [0.717, 1.165) is 23.5 Å². The van der Waals surface area contributed by atoms with Crippen molar-refractivity contribution >= 4 is 57.5 Å². The van der Waals surface area contributed by atoms with Gasteiger partial charge in [0.1, 0.15) is 0 Å². The second kappa shape index (κ2) is 8.87. The van der Waals surface area contributed by atoms with Gasteiger partial charge in [0, 0.05) is 51.4 Å². The van der Waals surface area contributed by atoms with Crippen molar-refractivity contribution in [3.05, 3.63) is 65.2 Å². The summed E-state index contributed by atoms with van der Waals surface area (Å²) < 4.78 is 10.8. The molecule has 0 spiro atoms. The molecule has 0 fully saturated rings. The van der Waals surface area contributed by atoms with Gasteiger partial charge in [-0.3, -0.25) is 0 Å². The van der Waals surface area contributed by atoms with Crippen molar-refractivity contribution in [2.75, 3.05) is 6.79 Å². The van der Waals surface area contributed by atoms with Gasteiger partial charge in [-0.05, 0) is 46.6 Å². The first kappa shape index (κ1) is 20.7. The van der Waals surface area contributed by atoms with Gasteiger partial charge >= 0.3 is 0 Å². The molecule has 1 radical (unpaired) electrons. The maximum atomic E-state index is 5.42. The Morgan fingerprint density at radius 3 is 2.36 bits per heavy atom. The Morgan fingerprint density at radius 1 is 1.00 bits per heavy atom. The van der Waals surface area contributed by atoms with E-state index in [9.17, 15) is 0 Å². The molecular formula is C22H26KO2. The molecular weight excluding hydrogens is 335 g/mol. The molecule has 2 nitrogen and oxygen atoms in total. The summed E-state index contributed by atoms with van der Waals surface area (Å²) in [7, 11) is 0. The third-order valence-electron chi connectivity index (χ3n) is 4.39. The van der Waals surface area contributed by atoms with Crippen molar-refractivity contribution in [1.82, 2.24) is 0 Å². The van der Waals surface area contributed by atoms with E-state index in [0.29, 0.717) is 12.7 Å².